The molecule has 3 atom stereocenters. The van der Waals surface area contributed by atoms with Gasteiger partial charge in [-0.05, 0) is 18.0 Å². The van der Waals surface area contributed by atoms with Crippen LogP contribution in [0.2, 0.25) is 4.34 Å². The molecule has 0 radical (unpaired) electrons. The number of carbonyl (C=O) groups is 3. The predicted octanol–water partition coefficient (Wildman–Crippen LogP) is 1.14. The minimum atomic E-state index is -1.59. The van der Waals surface area contributed by atoms with Gasteiger partial charge in [-0.15, -0.1) is 4.91 Å². The van der Waals surface area contributed by atoms with Gasteiger partial charge in [0.1, 0.15) is 21.8 Å². The number of rotatable bonds is 7. The first-order valence-electron chi connectivity index (χ1n) is 9.30. The Morgan fingerprint density at radius 1 is 1.36 bits per heavy atom. The number of thiazole rings is 1. The number of carbonyl (C=O) groups excluding carboxylic acids is 2. The number of nitrogens with two attached hydrogens (primary N) is 2. The molecule has 2 aliphatic heterocycles. The lowest BCUT2D eigenvalue weighted by Crippen LogP contribution is -2.71. The molecule has 2 aromatic heterocycles. The van der Waals surface area contributed by atoms with Crippen molar-refractivity contribution in [1.29, 1.82) is 0 Å². The molecule has 2 aromatic rings. The molecule has 0 aromatic carbocycles. The maximum absolute atomic E-state index is 12.8. The first-order valence-corrected chi connectivity index (χ1v) is 11.3. The highest BCUT2D eigenvalue weighted by Crippen LogP contribution is 2.43. The molecule has 1 fully saturated rings. The van der Waals surface area contributed by atoms with Gasteiger partial charge in [0.25, 0.3) is 11.8 Å². The molecule has 2 amide bonds. The molecular formula is C17H15ClN8O5S2. The van der Waals surface area contributed by atoms with Crippen molar-refractivity contribution in [1.82, 2.24) is 25.2 Å². The average Bonchev–Trinajstić information content (AvgIpc) is 3.11. The first kappa shape index (κ1) is 22.9. The topological polar surface area (TPSA) is 207 Å². The summed E-state index contributed by atoms with van der Waals surface area (Å²) in [7, 11) is 0. The number of amides is 2. The van der Waals surface area contributed by atoms with E-state index in [2.05, 4.69) is 25.4 Å². The summed E-state index contributed by atoms with van der Waals surface area (Å²) in [5.74, 6) is -2.70. The van der Waals surface area contributed by atoms with E-state index < -0.39 is 35.9 Å². The molecule has 0 aliphatic carbocycles. The molecule has 1 saturated heterocycles. The fraction of sp³-hybridized carbons (Fsp3) is 0.294. The molecule has 13 nitrogen and oxygen atoms in total. The van der Waals surface area contributed by atoms with Crippen LogP contribution in [0.3, 0.4) is 0 Å². The lowest BCUT2D eigenvalue weighted by molar-refractivity contribution is -0.156. The van der Waals surface area contributed by atoms with Crippen molar-refractivity contribution >= 4 is 63.6 Å². The van der Waals surface area contributed by atoms with Crippen molar-refractivity contribution < 1.29 is 19.5 Å². The summed E-state index contributed by atoms with van der Waals surface area (Å²) < 4.78 is 0.0379. The maximum Gasteiger partial charge on any atom is 0.353 e. The zero-order chi connectivity index (χ0) is 23.9. The number of aliphatic carboxylic acids is 1. The zero-order valence-electron chi connectivity index (χ0n) is 16.5. The molecule has 4 heterocycles. The average molecular weight is 511 g/mol. The summed E-state index contributed by atoms with van der Waals surface area (Å²) in [6, 6.07) is -3.21. The van der Waals surface area contributed by atoms with E-state index in [1.165, 1.54) is 12.4 Å². The van der Waals surface area contributed by atoms with Crippen LogP contribution in [0.1, 0.15) is 24.6 Å². The third-order valence-electron chi connectivity index (χ3n) is 5.02. The lowest BCUT2D eigenvalue weighted by Gasteiger charge is -2.50. The number of fused-ring (bicyclic) bond motifs is 1. The molecule has 2 aliphatic rings. The molecule has 172 valence electrons. The van der Waals surface area contributed by atoms with E-state index in [9.17, 15) is 24.4 Å². The van der Waals surface area contributed by atoms with Crippen LogP contribution < -0.4 is 16.8 Å². The Morgan fingerprint density at radius 2 is 2.06 bits per heavy atom. The number of allylic oxidation sites excluding steroid dienone is 1. The number of nitroso groups, excluding NO2 is 1. The highest BCUT2D eigenvalue weighted by Gasteiger charge is 2.54. The summed E-state index contributed by atoms with van der Waals surface area (Å²) in [6.07, 6.45) is 3.63. The minimum absolute atomic E-state index is 0.0379. The SMILES string of the molecule is Nc1ncc(SC2=C(C(=O)O)N3C(=O)[C@@H](NC(=O)C(N=O)c4nc(N)sc4Cl)C3CC2)cn1. The Hall–Kier alpha value is -3.30. The minimum Gasteiger partial charge on any atom is -0.477 e. The van der Waals surface area contributed by atoms with Crippen LogP contribution in [0.25, 0.3) is 0 Å². The predicted molar refractivity (Wildman–Crippen MR) is 119 cm³/mol. The first-order chi connectivity index (χ1) is 15.7. The molecule has 0 bridgehead atoms. The van der Waals surface area contributed by atoms with Gasteiger partial charge in [-0.25, -0.2) is 19.7 Å². The van der Waals surface area contributed by atoms with Gasteiger partial charge in [0.05, 0.1) is 6.04 Å². The molecular weight excluding hydrogens is 496 g/mol. The van der Waals surface area contributed by atoms with E-state index in [0.29, 0.717) is 22.6 Å². The van der Waals surface area contributed by atoms with Crippen LogP contribution >= 0.6 is 34.7 Å². The van der Waals surface area contributed by atoms with E-state index in [4.69, 9.17) is 23.1 Å². The van der Waals surface area contributed by atoms with Crippen LogP contribution in [0.15, 0.2) is 33.1 Å². The zero-order valence-corrected chi connectivity index (χ0v) is 18.9. The highest BCUT2D eigenvalue weighted by molar-refractivity contribution is 8.03. The van der Waals surface area contributed by atoms with Crippen molar-refractivity contribution in [3.63, 3.8) is 0 Å². The van der Waals surface area contributed by atoms with Crippen molar-refractivity contribution in [2.24, 2.45) is 5.18 Å². The quantitative estimate of drug-likeness (QED) is 0.306. The second-order valence-electron chi connectivity index (χ2n) is 6.98. The fourth-order valence-corrected chi connectivity index (χ4v) is 5.57. The van der Waals surface area contributed by atoms with E-state index >= 15 is 0 Å². The monoisotopic (exact) mass is 510 g/mol. The van der Waals surface area contributed by atoms with Crippen LogP contribution in [0, 0.1) is 4.91 Å². The third kappa shape index (κ3) is 4.21. The van der Waals surface area contributed by atoms with Gasteiger partial charge >= 0.3 is 5.97 Å². The van der Waals surface area contributed by atoms with Crippen molar-refractivity contribution in [2.75, 3.05) is 11.5 Å². The number of aromatic nitrogens is 3. The molecule has 4 rings (SSSR count). The molecule has 0 spiro atoms. The van der Waals surface area contributed by atoms with Gasteiger partial charge in [-0.2, -0.15) is 0 Å². The normalized spacial score (nSPS) is 20.6. The van der Waals surface area contributed by atoms with Crippen LogP contribution in [0.4, 0.5) is 11.1 Å². The van der Waals surface area contributed by atoms with Gasteiger partial charge < -0.3 is 21.9 Å². The molecule has 6 N–H and O–H groups in total. The van der Waals surface area contributed by atoms with E-state index in [1.807, 2.05) is 0 Å². The lowest BCUT2D eigenvalue weighted by atomic mass is 9.86. The maximum atomic E-state index is 12.8. The van der Waals surface area contributed by atoms with Crippen molar-refractivity contribution in [2.45, 2.75) is 35.9 Å². The van der Waals surface area contributed by atoms with E-state index in [0.717, 1.165) is 28.0 Å². The Bertz CT molecular complexity index is 1190. The number of hydrogen-bond acceptors (Lipinski definition) is 12. The van der Waals surface area contributed by atoms with Gasteiger partial charge in [-0.3, -0.25) is 14.5 Å². The largest absolute Gasteiger partial charge is 0.477 e. The van der Waals surface area contributed by atoms with E-state index in [1.54, 1.807) is 0 Å². The molecule has 2 unspecified atom stereocenters. The Balaban J connectivity index is 1.52. The number of nitrogen functional groups attached to an aromatic ring is 2. The summed E-state index contributed by atoms with van der Waals surface area (Å²) >= 11 is 7.97. The number of carboxylic acids is 1. The number of nitrogens with one attached hydrogen (secondary N) is 1. The van der Waals surface area contributed by atoms with Crippen LogP contribution in [-0.4, -0.2) is 54.8 Å². The number of nitrogens with zero attached hydrogens (tertiary/aromatic N) is 5. The van der Waals surface area contributed by atoms with Crippen LogP contribution in [-0.2, 0) is 14.4 Å². The van der Waals surface area contributed by atoms with Gasteiger partial charge in [-0.1, -0.05) is 34.7 Å². The standard InChI is InChI=1S/C17H15ClN8O5S2/c18-12-9(24-17(20)33-12)10(25-31)13(27)23-8-6-1-2-7(11(15(29)30)26(6)14(8)28)32-5-3-21-16(19)22-4-5/h3-4,6,8,10H,1-2H2,(H2,20,24)(H,23,27)(H,29,30)(H2,19,21,22)/t6?,8-,10?/m0/s1. The fourth-order valence-electron chi connectivity index (χ4n) is 3.60. The van der Waals surface area contributed by atoms with E-state index in [-0.39, 0.29) is 26.8 Å². The summed E-state index contributed by atoms with van der Waals surface area (Å²) in [5.41, 5.74) is 10.7. The number of hydrogen-bond donors (Lipinski definition) is 4. The van der Waals surface area contributed by atoms with Gasteiger partial charge in [0.2, 0.25) is 12.0 Å². The molecule has 16 heteroatoms. The van der Waals surface area contributed by atoms with Crippen LogP contribution in [0.5, 0.6) is 0 Å². The third-order valence-corrected chi connectivity index (χ3v) is 7.22. The Kier molecular flexibility index (Phi) is 6.18. The van der Waals surface area contributed by atoms with Crippen molar-refractivity contribution in [3.8, 4) is 0 Å². The Labute approximate surface area is 198 Å². The number of anilines is 2. The molecule has 0 saturated carbocycles. The summed E-state index contributed by atoms with van der Waals surface area (Å²) in [4.78, 5) is 62.4. The second kappa shape index (κ2) is 8.92. The number of halogens is 1. The van der Waals surface area contributed by atoms with Gasteiger partial charge in [0, 0.05) is 22.2 Å². The summed E-state index contributed by atoms with van der Waals surface area (Å²) in [5, 5.41) is 15.0. The number of carboxylic acid groups (broad SMARTS) is 1. The van der Waals surface area contributed by atoms with Crippen molar-refractivity contribution in [3.05, 3.63) is 37.9 Å². The second-order valence-corrected chi connectivity index (χ2v) is 9.78. The highest BCUT2D eigenvalue weighted by atomic mass is 35.5. The van der Waals surface area contributed by atoms with Gasteiger partial charge in [0.15, 0.2) is 5.13 Å². The smallest absolute Gasteiger partial charge is 0.353 e. The number of β-lactam (4-membered cyclic amide) rings is 1. The number of thioether (sulfide) groups is 1. The molecule has 33 heavy (non-hydrogen) atoms. The summed E-state index contributed by atoms with van der Waals surface area (Å²) in [6.45, 7) is 0. The Morgan fingerprint density at radius 3 is 2.64 bits per heavy atom.